The Morgan fingerprint density at radius 1 is 1.50 bits per heavy atom. The molecule has 0 radical (unpaired) electrons. The van der Waals surface area contributed by atoms with Gasteiger partial charge in [-0.2, -0.15) is 0 Å². The molecule has 0 bridgehead atoms. The zero-order chi connectivity index (χ0) is 12.1. The van der Waals surface area contributed by atoms with Gasteiger partial charge in [-0.15, -0.1) is 0 Å². The number of anilines is 1. The van der Waals surface area contributed by atoms with Crippen molar-refractivity contribution >= 4 is 11.4 Å². The smallest absolute Gasteiger partial charge is 0.292 e. The number of nitro benzene ring substituents is 1. The highest BCUT2D eigenvalue weighted by atomic mass is 16.6. The largest absolute Gasteiger partial charge is 0.392 e. The molecule has 5 heteroatoms. The van der Waals surface area contributed by atoms with Crippen LogP contribution in [0.4, 0.5) is 11.4 Å². The van der Waals surface area contributed by atoms with E-state index in [0.717, 1.165) is 13.0 Å². The lowest BCUT2D eigenvalue weighted by Gasteiger charge is -2.18. The molecule has 1 aromatic rings. The zero-order valence-corrected chi connectivity index (χ0v) is 9.51. The number of hydrogen-bond acceptors (Lipinski definition) is 4. The molecular formula is C11H16N2O3. The molecule has 0 fully saturated rings. The second-order valence-corrected chi connectivity index (χ2v) is 3.66. The second-order valence-electron chi connectivity index (χ2n) is 3.66. The van der Waals surface area contributed by atoms with Crippen molar-refractivity contribution in [3.63, 3.8) is 0 Å². The van der Waals surface area contributed by atoms with Gasteiger partial charge in [-0.05, 0) is 18.1 Å². The lowest BCUT2D eigenvalue weighted by molar-refractivity contribution is -0.384. The highest BCUT2D eigenvalue weighted by Gasteiger charge is 2.17. The summed E-state index contributed by atoms with van der Waals surface area (Å²) in [6, 6.07) is 4.80. The third-order valence-electron chi connectivity index (χ3n) is 2.39. The van der Waals surface area contributed by atoms with Gasteiger partial charge in [0.25, 0.3) is 5.69 Å². The molecule has 0 spiro atoms. The van der Waals surface area contributed by atoms with Crippen LogP contribution in [0.25, 0.3) is 0 Å². The third kappa shape index (κ3) is 2.70. The summed E-state index contributed by atoms with van der Waals surface area (Å²) in [4.78, 5) is 12.3. The van der Waals surface area contributed by atoms with E-state index in [1.807, 2.05) is 18.9 Å². The van der Waals surface area contributed by atoms with Gasteiger partial charge in [-0.1, -0.05) is 13.0 Å². The van der Waals surface area contributed by atoms with Gasteiger partial charge < -0.3 is 10.0 Å². The Labute approximate surface area is 94.5 Å². The first kappa shape index (κ1) is 12.4. The van der Waals surface area contributed by atoms with Gasteiger partial charge in [0.15, 0.2) is 0 Å². The predicted octanol–water partition coefficient (Wildman–Crippen LogP) is 1.93. The molecule has 0 aromatic heterocycles. The number of aliphatic hydroxyl groups is 1. The van der Waals surface area contributed by atoms with E-state index in [-0.39, 0.29) is 12.3 Å². The summed E-state index contributed by atoms with van der Waals surface area (Å²) >= 11 is 0. The fraction of sp³-hybridized carbons (Fsp3) is 0.455. The molecule has 1 N–H and O–H groups in total. The van der Waals surface area contributed by atoms with Crippen LogP contribution in [0.2, 0.25) is 0 Å². The highest BCUT2D eigenvalue weighted by Crippen LogP contribution is 2.28. The first-order valence-corrected chi connectivity index (χ1v) is 5.19. The Morgan fingerprint density at radius 2 is 2.19 bits per heavy atom. The monoisotopic (exact) mass is 224 g/mol. The molecule has 16 heavy (non-hydrogen) atoms. The molecule has 5 nitrogen and oxygen atoms in total. The summed E-state index contributed by atoms with van der Waals surface area (Å²) in [5.74, 6) is 0. The fourth-order valence-corrected chi connectivity index (χ4v) is 1.59. The van der Waals surface area contributed by atoms with Crippen LogP contribution in [0.15, 0.2) is 18.2 Å². The Morgan fingerprint density at radius 3 is 2.69 bits per heavy atom. The molecule has 0 saturated carbocycles. The van der Waals surface area contributed by atoms with Crippen molar-refractivity contribution in [1.29, 1.82) is 0 Å². The quantitative estimate of drug-likeness (QED) is 0.613. The first-order chi connectivity index (χ1) is 7.60. The average Bonchev–Trinajstić information content (AvgIpc) is 2.28. The minimum absolute atomic E-state index is 0.0440. The standard InChI is InChI=1S/C11H16N2O3/c1-3-6-12(2)10-5-4-9(8-14)7-11(10)13(15)16/h4-5,7,14H,3,6,8H2,1-2H3. The van der Waals surface area contributed by atoms with Crippen molar-refractivity contribution in [3.8, 4) is 0 Å². The van der Waals surface area contributed by atoms with Crippen molar-refractivity contribution in [1.82, 2.24) is 0 Å². The maximum atomic E-state index is 10.9. The Balaban J connectivity index is 3.12. The third-order valence-corrected chi connectivity index (χ3v) is 2.39. The molecule has 0 unspecified atom stereocenters. The van der Waals surface area contributed by atoms with Gasteiger partial charge in [0, 0.05) is 19.7 Å². The van der Waals surface area contributed by atoms with E-state index in [1.165, 1.54) is 6.07 Å². The minimum atomic E-state index is -0.416. The van der Waals surface area contributed by atoms with Crippen molar-refractivity contribution in [2.24, 2.45) is 0 Å². The molecule has 1 aromatic carbocycles. The van der Waals surface area contributed by atoms with Gasteiger partial charge in [-0.25, -0.2) is 0 Å². The van der Waals surface area contributed by atoms with Crippen LogP contribution in [0, 0.1) is 10.1 Å². The molecule has 0 atom stereocenters. The van der Waals surface area contributed by atoms with E-state index >= 15 is 0 Å². The summed E-state index contributed by atoms with van der Waals surface area (Å²) in [5.41, 5.74) is 1.19. The normalized spacial score (nSPS) is 10.2. The van der Waals surface area contributed by atoms with Gasteiger partial charge in [0.05, 0.1) is 11.5 Å². The van der Waals surface area contributed by atoms with Gasteiger partial charge in [0.1, 0.15) is 5.69 Å². The van der Waals surface area contributed by atoms with Crippen molar-refractivity contribution < 1.29 is 10.0 Å². The fourth-order valence-electron chi connectivity index (χ4n) is 1.59. The van der Waals surface area contributed by atoms with E-state index < -0.39 is 4.92 Å². The summed E-state index contributed by atoms with van der Waals surface area (Å²) in [6.45, 7) is 2.60. The van der Waals surface area contributed by atoms with E-state index in [1.54, 1.807) is 12.1 Å². The van der Waals surface area contributed by atoms with Crippen LogP contribution in [0.5, 0.6) is 0 Å². The number of benzene rings is 1. The van der Waals surface area contributed by atoms with Gasteiger partial charge >= 0.3 is 0 Å². The maximum Gasteiger partial charge on any atom is 0.292 e. The first-order valence-electron chi connectivity index (χ1n) is 5.19. The second kappa shape index (κ2) is 5.46. The summed E-state index contributed by atoms with van der Waals surface area (Å²) in [7, 11) is 1.82. The summed E-state index contributed by atoms with van der Waals surface area (Å²) in [5, 5.41) is 19.8. The van der Waals surface area contributed by atoms with Crippen LogP contribution in [0.1, 0.15) is 18.9 Å². The molecule has 0 saturated heterocycles. The highest BCUT2D eigenvalue weighted by molar-refractivity contribution is 5.63. The number of aliphatic hydroxyl groups excluding tert-OH is 1. The zero-order valence-electron chi connectivity index (χ0n) is 9.51. The van der Waals surface area contributed by atoms with E-state index in [2.05, 4.69) is 0 Å². The van der Waals surface area contributed by atoms with Crippen molar-refractivity contribution in [2.75, 3.05) is 18.5 Å². The number of nitro groups is 1. The predicted molar refractivity (Wildman–Crippen MR) is 62.6 cm³/mol. The molecule has 0 heterocycles. The van der Waals surface area contributed by atoms with Crippen LogP contribution < -0.4 is 4.90 Å². The van der Waals surface area contributed by atoms with Crippen molar-refractivity contribution in [3.05, 3.63) is 33.9 Å². The summed E-state index contributed by atoms with van der Waals surface area (Å²) in [6.07, 6.45) is 0.926. The molecular weight excluding hydrogens is 208 g/mol. The van der Waals surface area contributed by atoms with Crippen LogP contribution in [-0.4, -0.2) is 23.6 Å². The van der Waals surface area contributed by atoms with E-state index in [4.69, 9.17) is 5.11 Å². The maximum absolute atomic E-state index is 10.9. The number of nitrogens with zero attached hydrogens (tertiary/aromatic N) is 2. The number of hydrogen-bond donors (Lipinski definition) is 1. The van der Waals surface area contributed by atoms with Crippen LogP contribution in [0.3, 0.4) is 0 Å². The molecule has 0 aliphatic rings. The SMILES string of the molecule is CCCN(C)c1ccc(CO)cc1[N+](=O)[O-]. The molecule has 0 aliphatic carbocycles. The van der Waals surface area contributed by atoms with E-state index in [0.29, 0.717) is 11.3 Å². The molecule has 1 rings (SSSR count). The summed E-state index contributed by atoms with van der Waals surface area (Å²) < 4.78 is 0. The Bertz CT molecular complexity index is 379. The molecule has 0 aliphatic heterocycles. The van der Waals surface area contributed by atoms with Gasteiger partial charge in [0.2, 0.25) is 0 Å². The Kier molecular flexibility index (Phi) is 4.25. The van der Waals surface area contributed by atoms with Gasteiger partial charge in [-0.3, -0.25) is 10.1 Å². The van der Waals surface area contributed by atoms with Crippen LogP contribution in [-0.2, 0) is 6.61 Å². The lowest BCUT2D eigenvalue weighted by atomic mass is 10.1. The lowest BCUT2D eigenvalue weighted by Crippen LogP contribution is -2.19. The molecule has 88 valence electrons. The number of rotatable bonds is 5. The van der Waals surface area contributed by atoms with Crippen LogP contribution >= 0.6 is 0 Å². The molecule has 0 amide bonds. The topological polar surface area (TPSA) is 66.6 Å². The van der Waals surface area contributed by atoms with Crippen molar-refractivity contribution in [2.45, 2.75) is 20.0 Å². The Hall–Kier alpha value is -1.62. The van der Waals surface area contributed by atoms with E-state index in [9.17, 15) is 10.1 Å². The minimum Gasteiger partial charge on any atom is -0.392 e. The average molecular weight is 224 g/mol.